The summed E-state index contributed by atoms with van der Waals surface area (Å²) in [6.07, 6.45) is 7.67. The Morgan fingerprint density at radius 1 is 1.53 bits per heavy atom. The van der Waals surface area contributed by atoms with Crippen LogP contribution >= 0.6 is 0 Å². The van der Waals surface area contributed by atoms with E-state index in [1.165, 1.54) is 32.0 Å². The van der Waals surface area contributed by atoms with E-state index in [0.717, 1.165) is 24.8 Å². The number of hydrogen-bond donors (Lipinski definition) is 1. The third-order valence-electron chi connectivity index (χ3n) is 3.34. The van der Waals surface area contributed by atoms with Gasteiger partial charge >= 0.3 is 0 Å². The van der Waals surface area contributed by atoms with Crippen molar-refractivity contribution in [3.05, 3.63) is 12.2 Å². The van der Waals surface area contributed by atoms with Gasteiger partial charge in [-0.3, -0.25) is 0 Å². The van der Waals surface area contributed by atoms with Gasteiger partial charge < -0.3 is 9.84 Å². The second-order valence-electron chi connectivity index (χ2n) is 4.24. The zero-order valence-electron chi connectivity index (χ0n) is 9.28. The summed E-state index contributed by atoms with van der Waals surface area (Å²) < 4.78 is 4.95. The molecule has 0 aromatic carbocycles. The summed E-state index contributed by atoms with van der Waals surface area (Å²) in [5.74, 6) is 1.60. The molecule has 1 aromatic rings. The molecule has 2 atom stereocenters. The molecule has 1 saturated carbocycles. The molecule has 1 heterocycles. The fraction of sp³-hybridized carbons (Fsp3) is 0.818. The van der Waals surface area contributed by atoms with Crippen molar-refractivity contribution in [1.82, 2.24) is 15.5 Å². The van der Waals surface area contributed by atoms with Gasteiger partial charge in [0.05, 0.1) is 0 Å². The molecule has 1 aliphatic rings. The molecule has 0 amide bonds. The van der Waals surface area contributed by atoms with Crippen molar-refractivity contribution in [2.24, 2.45) is 5.92 Å². The molecule has 84 valence electrons. The average Bonchev–Trinajstić information content (AvgIpc) is 2.88. The molecule has 1 aromatic heterocycles. The highest BCUT2D eigenvalue weighted by atomic mass is 16.5. The Balaban J connectivity index is 1.69. The summed E-state index contributed by atoms with van der Waals surface area (Å²) in [5, 5.41) is 7.18. The van der Waals surface area contributed by atoms with Gasteiger partial charge in [0.25, 0.3) is 0 Å². The van der Waals surface area contributed by atoms with E-state index in [2.05, 4.69) is 22.4 Å². The first-order valence-corrected chi connectivity index (χ1v) is 5.89. The van der Waals surface area contributed by atoms with E-state index < -0.39 is 0 Å². The normalized spacial score (nSPS) is 25.9. The molecule has 0 aliphatic heterocycles. The van der Waals surface area contributed by atoms with Crippen LogP contribution in [0.5, 0.6) is 0 Å². The minimum atomic E-state index is 0.706. The zero-order valence-corrected chi connectivity index (χ0v) is 9.28. The van der Waals surface area contributed by atoms with Gasteiger partial charge in [-0.25, -0.2) is 0 Å². The van der Waals surface area contributed by atoms with E-state index in [1.807, 2.05) is 0 Å². The summed E-state index contributed by atoms with van der Waals surface area (Å²) in [7, 11) is 0. The molecule has 2 unspecified atom stereocenters. The maximum Gasteiger partial charge on any atom is 0.227 e. The van der Waals surface area contributed by atoms with Crippen LogP contribution in [0.3, 0.4) is 0 Å². The summed E-state index contributed by atoms with van der Waals surface area (Å²) >= 11 is 0. The van der Waals surface area contributed by atoms with Crippen LogP contribution in [-0.4, -0.2) is 22.7 Å². The van der Waals surface area contributed by atoms with Gasteiger partial charge in [-0.1, -0.05) is 24.9 Å². The van der Waals surface area contributed by atoms with Gasteiger partial charge in [-0.05, 0) is 18.8 Å². The second kappa shape index (κ2) is 5.26. The topological polar surface area (TPSA) is 51.0 Å². The van der Waals surface area contributed by atoms with E-state index in [9.17, 15) is 0 Å². The maximum absolute atomic E-state index is 4.95. The van der Waals surface area contributed by atoms with E-state index in [4.69, 9.17) is 4.52 Å². The molecule has 0 saturated heterocycles. The molecule has 15 heavy (non-hydrogen) atoms. The largest absolute Gasteiger partial charge is 0.340 e. The van der Waals surface area contributed by atoms with Gasteiger partial charge in [-0.15, -0.1) is 0 Å². The molecular weight excluding hydrogens is 190 g/mol. The Morgan fingerprint density at radius 2 is 2.47 bits per heavy atom. The zero-order chi connectivity index (χ0) is 10.5. The molecule has 0 radical (unpaired) electrons. The molecule has 4 nitrogen and oxygen atoms in total. The van der Waals surface area contributed by atoms with Gasteiger partial charge in [0.15, 0.2) is 6.33 Å². The molecule has 1 N–H and O–H groups in total. The third-order valence-corrected chi connectivity index (χ3v) is 3.34. The Kier molecular flexibility index (Phi) is 3.72. The fourth-order valence-electron chi connectivity index (χ4n) is 2.46. The van der Waals surface area contributed by atoms with Crippen LogP contribution < -0.4 is 5.32 Å². The van der Waals surface area contributed by atoms with Crippen molar-refractivity contribution >= 4 is 0 Å². The molecule has 0 bridgehead atoms. The Bertz CT molecular complexity index is 273. The minimum absolute atomic E-state index is 0.706. The molecule has 2 rings (SSSR count). The number of hydrogen-bond acceptors (Lipinski definition) is 4. The SMILES string of the molecule is CCC1CCCC1NCCc1ncno1. The molecule has 0 spiro atoms. The van der Waals surface area contributed by atoms with Crippen LogP contribution in [0.15, 0.2) is 10.9 Å². The molecular formula is C11H19N3O. The van der Waals surface area contributed by atoms with E-state index in [-0.39, 0.29) is 0 Å². The number of rotatable bonds is 5. The molecule has 1 aliphatic carbocycles. The Hall–Kier alpha value is -0.900. The van der Waals surface area contributed by atoms with Crippen molar-refractivity contribution in [3.63, 3.8) is 0 Å². The lowest BCUT2D eigenvalue weighted by atomic mass is 10.0. The van der Waals surface area contributed by atoms with Crippen molar-refractivity contribution in [3.8, 4) is 0 Å². The lowest BCUT2D eigenvalue weighted by Crippen LogP contribution is -2.33. The predicted molar refractivity (Wildman–Crippen MR) is 57.4 cm³/mol. The quantitative estimate of drug-likeness (QED) is 0.803. The van der Waals surface area contributed by atoms with Crippen LogP contribution in [-0.2, 0) is 6.42 Å². The number of aromatic nitrogens is 2. The van der Waals surface area contributed by atoms with E-state index in [1.54, 1.807) is 0 Å². The summed E-state index contributed by atoms with van der Waals surface area (Å²) in [6.45, 7) is 3.23. The Labute approximate surface area is 90.4 Å². The van der Waals surface area contributed by atoms with Gasteiger partial charge in [0.1, 0.15) is 0 Å². The van der Waals surface area contributed by atoms with Crippen LogP contribution in [0.1, 0.15) is 38.5 Å². The van der Waals surface area contributed by atoms with Gasteiger partial charge in [0.2, 0.25) is 5.89 Å². The standard InChI is InChI=1S/C11H19N3O/c1-2-9-4-3-5-10(9)12-7-6-11-13-8-14-15-11/h8-10,12H,2-7H2,1H3. The average molecular weight is 209 g/mol. The second-order valence-corrected chi connectivity index (χ2v) is 4.24. The lowest BCUT2D eigenvalue weighted by Gasteiger charge is -2.18. The van der Waals surface area contributed by atoms with Gasteiger partial charge in [-0.2, -0.15) is 4.98 Å². The Morgan fingerprint density at radius 3 is 3.20 bits per heavy atom. The predicted octanol–water partition coefficient (Wildman–Crippen LogP) is 1.78. The maximum atomic E-state index is 4.95. The summed E-state index contributed by atoms with van der Waals surface area (Å²) in [4.78, 5) is 4.00. The smallest absolute Gasteiger partial charge is 0.227 e. The monoisotopic (exact) mass is 209 g/mol. The third kappa shape index (κ3) is 2.78. The van der Waals surface area contributed by atoms with Crippen molar-refractivity contribution < 1.29 is 4.52 Å². The highest BCUT2D eigenvalue weighted by Crippen LogP contribution is 2.27. The number of nitrogens with one attached hydrogen (secondary N) is 1. The van der Waals surface area contributed by atoms with Crippen molar-refractivity contribution in [1.29, 1.82) is 0 Å². The van der Waals surface area contributed by atoms with E-state index in [0.29, 0.717) is 6.04 Å². The van der Waals surface area contributed by atoms with Crippen LogP contribution in [0.25, 0.3) is 0 Å². The fourth-order valence-corrected chi connectivity index (χ4v) is 2.46. The highest BCUT2D eigenvalue weighted by molar-refractivity contribution is 4.84. The van der Waals surface area contributed by atoms with Gasteiger partial charge in [0, 0.05) is 19.0 Å². The number of nitrogens with zero attached hydrogens (tertiary/aromatic N) is 2. The van der Waals surface area contributed by atoms with Crippen molar-refractivity contribution in [2.45, 2.75) is 45.1 Å². The first-order valence-electron chi connectivity index (χ1n) is 5.89. The highest BCUT2D eigenvalue weighted by Gasteiger charge is 2.24. The van der Waals surface area contributed by atoms with E-state index >= 15 is 0 Å². The van der Waals surface area contributed by atoms with Crippen LogP contribution in [0.4, 0.5) is 0 Å². The van der Waals surface area contributed by atoms with Crippen LogP contribution in [0, 0.1) is 5.92 Å². The molecule has 4 heteroatoms. The summed E-state index contributed by atoms with van der Waals surface area (Å²) in [6, 6.07) is 0.706. The lowest BCUT2D eigenvalue weighted by molar-refractivity contribution is 0.356. The first kappa shape index (κ1) is 10.6. The van der Waals surface area contributed by atoms with Crippen molar-refractivity contribution in [2.75, 3.05) is 6.54 Å². The molecule has 1 fully saturated rings. The summed E-state index contributed by atoms with van der Waals surface area (Å²) in [5.41, 5.74) is 0. The first-order chi connectivity index (χ1) is 7.40. The minimum Gasteiger partial charge on any atom is -0.340 e. The van der Waals surface area contributed by atoms with Crippen LogP contribution in [0.2, 0.25) is 0 Å².